The zero-order chi connectivity index (χ0) is 11.7. The lowest BCUT2D eigenvalue weighted by Gasteiger charge is -2.27. The van der Waals surface area contributed by atoms with E-state index in [1.807, 2.05) is 4.90 Å². The minimum atomic E-state index is -0.872. The number of rotatable bonds is 3. The number of piperidine rings is 1. The Kier molecular flexibility index (Phi) is 3.03. The van der Waals surface area contributed by atoms with Crippen LogP contribution >= 0.6 is 0 Å². The third-order valence-corrected chi connectivity index (χ3v) is 3.65. The first-order valence-electron chi connectivity index (χ1n) is 5.85. The molecule has 5 nitrogen and oxygen atoms in total. The molecule has 3 atom stereocenters. The fraction of sp³-hybridized carbons (Fsp3) is 0.818. The zero-order valence-corrected chi connectivity index (χ0v) is 9.48. The van der Waals surface area contributed by atoms with Crippen LogP contribution in [0, 0.1) is 11.8 Å². The van der Waals surface area contributed by atoms with Crippen molar-refractivity contribution in [2.75, 3.05) is 13.1 Å². The number of aliphatic carboxylic acids is 1. The molecule has 2 N–H and O–H groups in total. The van der Waals surface area contributed by atoms with Gasteiger partial charge >= 0.3 is 12.0 Å². The van der Waals surface area contributed by atoms with Crippen molar-refractivity contribution < 1.29 is 14.7 Å². The molecule has 90 valence electrons. The maximum absolute atomic E-state index is 11.8. The molecule has 16 heavy (non-hydrogen) atoms. The lowest BCUT2D eigenvalue weighted by molar-refractivity contribution is -0.140. The van der Waals surface area contributed by atoms with E-state index in [1.54, 1.807) is 6.92 Å². The average Bonchev–Trinajstić information content (AvgIpc) is 2.86. The van der Waals surface area contributed by atoms with E-state index < -0.39 is 11.9 Å². The van der Waals surface area contributed by atoms with Crippen molar-refractivity contribution >= 4 is 12.0 Å². The van der Waals surface area contributed by atoms with Gasteiger partial charge in [-0.05, 0) is 25.2 Å². The van der Waals surface area contributed by atoms with Crippen LogP contribution in [0.4, 0.5) is 4.79 Å². The highest BCUT2D eigenvalue weighted by atomic mass is 16.4. The summed E-state index contributed by atoms with van der Waals surface area (Å²) < 4.78 is 0. The molecular weight excluding hydrogens is 208 g/mol. The Morgan fingerprint density at radius 3 is 2.75 bits per heavy atom. The van der Waals surface area contributed by atoms with Crippen LogP contribution in [0.15, 0.2) is 0 Å². The molecule has 1 saturated heterocycles. The Balaban J connectivity index is 1.78. The minimum absolute atomic E-state index is 0.0969. The molecule has 2 bridgehead atoms. The summed E-state index contributed by atoms with van der Waals surface area (Å²) in [4.78, 5) is 24.2. The predicted octanol–water partition coefficient (Wildman–Crippen LogP) is 0.901. The summed E-state index contributed by atoms with van der Waals surface area (Å²) in [6.07, 6.45) is 3.47. The summed E-state index contributed by atoms with van der Waals surface area (Å²) in [6, 6.07) is 0.297. The molecule has 0 spiro atoms. The second kappa shape index (κ2) is 4.31. The lowest BCUT2D eigenvalue weighted by Crippen LogP contribution is -2.46. The number of carboxylic acid groups (broad SMARTS) is 1. The second-order valence-corrected chi connectivity index (χ2v) is 4.91. The van der Waals surface area contributed by atoms with Crippen LogP contribution in [-0.2, 0) is 4.79 Å². The number of urea groups is 1. The third kappa shape index (κ3) is 2.13. The minimum Gasteiger partial charge on any atom is -0.481 e. The van der Waals surface area contributed by atoms with Gasteiger partial charge in [-0.25, -0.2) is 4.79 Å². The molecule has 2 fully saturated rings. The maximum atomic E-state index is 11.8. The lowest BCUT2D eigenvalue weighted by atomic mass is 10.1. The van der Waals surface area contributed by atoms with E-state index in [1.165, 1.54) is 6.42 Å². The van der Waals surface area contributed by atoms with Crippen LogP contribution in [0.25, 0.3) is 0 Å². The van der Waals surface area contributed by atoms with E-state index in [0.29, 0.717) is 12.0 Å². The molecular formula is C11H18N2O3. The fourth-order valence-corrected chi connectivity index (χ4v) is 2.60. The molecule has 3 unspecified atom stereocenters. The summed E-state index contributed by atoms with van der Waals surface area (Å²) >= 11 is 0. The largest absolute Gasteiger partial charge is 0.481 e. The number of nitrogens with zero attached hydrogens (tertiary/aromatic N) is 1. The van der Waals surface area contributed by atoms with Crippen molar-refractivity contribution in [2.24, 2.45) is 11.8 Å². The highest BCUT2D eigenvalue weighted by Gasteiger charge is 2.40. The monoisotopic (exact) mass is 226 g/mol. The summed E-state index contributed by atoms with van der Waals surface area (Å²) in [5.74, 6) is -0.723. The van der Waals surface area contributed by atoms with Crippen LogP contribution in [0.3, 0.4) is 0 Å². The van der Waals surface area contributed by atoms with Crippen LogP contribution in [-0.4, -0.2) is 41.1 Å². The van der Waals surface area contributed by atoms with Gasteiger partial charge < -0.3 is 15.3 Å². The first-order valence-corrected chi connectivity index (χ1v) is 5.85. The fourth-order valence-electron chi connectivity index (χ4n) is 2.60. The molecule has 1 heterocycles. The first-order chi connectivity index (χ1) is 7.58. The van der Waals surface area contributed by atoms with Gasteiger partial charge in [0.2, 0.25) is 0 Å². The van der Waals surface area contributed by atoms with Crippen molar-refractivity contribution in [3.05, 3.63) is 0 Å². The number of hydrogen-bond acceptors (Lipinski definition) is 2. The number of carbonyl (C=O) groups is 2. The number of likely N-dealkylation sites (tertiary alicyclic amines) is 1. The van der Waals surface area contributed by atoms with E-state index in [-0.39, 0.29) is 12.6 Å². The molecule has 0 aromatic heterocycles. The van der Waals surface area contributed by atoms with Gasteiger partial charge in [-0.2, -0.15) is 0 Å². The molecule has 2 aliphatic rings. The van der Waals surface area contributed by atoms with Gasteiger partial charge in [0.15, 0.2) is 0 Å². The van der Waals surface area contributed by atoms with Crippen molar-refractivity contribution in [3.63, 3.8) is 0 Å². The molecule has 0 aromatic carbocycles. The highest BCUT2D eigenvalue weighted by Crippen LogP contribution is 2.37. The number of carboxylic acids is 1. The Bertz CT molecular complexity index is 306. The van der Waals surface area contributed by atoms with Gasteiger partial charge in [-0.3, -0.25) is 4.79 Å². The molecule has 1 saturated carbocycles. The molecule has 2 amide bonds. The number of amides is 2. The third-order valence-electron chi connectivity index (χ3n) is 3.65. The Morgan fingerprint density at radius 1 is 1.50 bits per heavy atom. The van der Waals surface area contributed by atoms with Gasteiger partial charge in [0, 0.05) is 19.1 Å². The molecule has 5 heteroatoms. The summed E-state index contributed by atoms with van der Waals surface area (Å²) in [5, 5.41) is 11.4. The van der Waals surface area contributed by atoms with Crippen molar-refractivity contribution in [1.82, 2.24) is 10.2 Å². The quantitative estimate of drug-likeness (QED) is 0.751. The molecule has 1 aliphatic carbocycles. The second-order valence-electron chi connectivity index (χ2n) is 4.91. The standard InChI is InChI=1S/C11H18N2O3/c1-7(10(14)15)5-12-11(16)13-6-8-2-3-9(13)4-8/h7-9H,2-6H2,1H3,(H,12,16)(H,14,15). The number of carbonyl (C=O) groups excluding carboxylic acids is 1. The van der Waals surface area contributed by atoms with Crippen LogP contribution in [0.2, 0.25) is 0 Å². The number of nitrogens with one attached hydrogen (secondary N) is 1. The van der Waals surface area contributed by atoms with E-state index in [2.05, 4.69) is 5.32 Å². The van der Waals surface area contributed by atoms with Crippen molar-refractivity contribution in [1.29, 1.82) is 0 Å². The number of hydrogen-bond donors (Lipinski definition) is 2. The highest BCUT2D eigenvalue weighted by molar-refractivity contribution is 5.76. The zero-order valence-electron chi connectivity index (χ0n) is 9.48. The Morgan fingerprint density at radius 2 is 2.25 bits per heavy atom. The Hall–Kier alpha value is -1.26. The van der Waals surface area contributed by atoms with Gasteiger partial charge in [-0.1, -0.05) is 6.92 Å². The van der Waals surface area contributed by atoms with Gasteiger partial charge in [0.25, 0.3) is 0 Å². The molecule has 2 rings (SSSR count). The van der Waals surface area contributed by atoms with Crippen LogP contribution in [0.5, 0.6) is 0 Å². The van der Waals surface area contributed by atoms with Gasteiger partial charge in [0.1, 0.15) is 0 Å². The summed E-state index contributed by atoms with van der Waals surface area (Å²) in [5.41, 5.74) is 0. The van der Waals surface area contributed by atoms with E-state index in [4.69, 9.17) is 5.11 Å². The van der Waals surface area contributed by atoms with Gasteiger partial charge in [0.05, 0.1) is 5.92 Å². The Labute approximate surface area is 94.8 Å². The molecule has 0 radical (unpaired) electrons. The first kappa shape index (κ1) is 11.2. The smallest absolute Gasteiger partial charge is 0.317 e. The van der Waals surface area contributed by atoms with Gasteiger partial charge in [-0.15, -0.1) is 0 Å². The summed E-state index contributed by atoms with van der Waals surface area (Å²) in [7, 11) is 0. The van der Waals surface area contributed by atoms with E-state index in [9.17, 15) is 9.59 Å². The summed E-state index contributed by atoms with van der Waals surface area (Å²) in [6.45, 7) is 2.65. The van der Waals surface area contributed by atoms with E-state index in [0.717, 1.165) is 19.4 Å². The topological polar surface area (TPSA) is 69.6 Å². The molecule has 0 aromatic rings. The predicted molar refractivity (Wildman–Crippen MR) is 58.0 cm³/mol. The SMILES string of the molecule is CC(CNC(=O)N1CC2CCC1C2)C(=O)O. The average molecular weight is 226 g/mol. The van der Waals surface area contributed by atoms with Crippen molar-refractivity contribution in [3.8, 4) is 0 Å². The van der Waals surface area contributed by atoms with Crippen LogP contribution < -0.4 is 5.32 Å². The number of fused-ring (bicyclic) bond motifs is 2. The maximum Gasteiger partial charge on any atom is 0.317 e. The van der Waals surface area contributed by atoms with Crippen molar-refractivity contribution in [2.45, 2.75) is 32.2 Å². The normalized spacial score (nSPS) is 29.2. The van der Waals surface area contributed by atoms with Crippen LogP contribution in [0.1, 0.15) is 26.2 Å². The molecule has 1 aliphatic heterocycles. The van der Waals surface area contributed by atoms with E-state index >= 15 is 0 Å².